The molecule has 0 unspecified atom stereocenters. The van der Waals surface area contributed by atoms with E-state index < -0.39 is 0 Å². The van der Waals surface area contributed by atoms with Gasteiger partial charge < -0.3 is 14.5 Å². The Balaban J connectivity index is 1.42. The van der Waals surface area contributed by atoms with Gasteiger partial charge in [-0.15, -0.1) is 0 Å². The van der Waals surface area contributed by atoms with Crippen molar-refractivity contribution >= 4 is 5.91 Å². The Bertz CT molecular complexity index is 1340. The van der Waals surface area contributed by atoms with Crippen molar-refractivity contribution in [3.63, 3.8) is 0 Å². The van der Waals surface area contributed by atoms with Gasteiger partial charge in [0, 0.05) is 37.3 Å². The Morgan fingerprint density at radius 2 is 2.00 bits per heavy atom. The molecule has 0 bridgehead atoms. The molecule has 2 aliphatic rings. The van der Waals surface area contributed by atoms with Crippen molar-refractivity contribution in [2.45, 2.75) is 46.3 Å². The number of hydrogen-bond acceptors (Lipinski definition) is 5. The van der Waals surface area contributed by atoms with Crippen LogP contribution in [0.25, 0.3) is 34.2 Å². The van der Waals surface area contributed by atoms with Gasteiger partial charge in [0.25, 0.3) is 0 Å². The first-order valence-corrected chi connectivity index (χ1v) is 10.9. The number of aromatic amines is 1. The number of H-pyrrole nitrogens is 1. The Hall–Kier alpha value is -3.81. The molecule has 2 aliphatic heterocycles. The summed E-state index contributed by atoms with van der Waals surface area (Å²) in [5.41, 5.74) is 7.59. The summed E-state index contributed by atoms with van der Waals surface area (Å²) in [5.74, 6) is 1.90. The lowest BCUT2D eigenvalue weighted by molar-refractivity contribution is -0.129. The van der Waals surface area contributed by atoms with Crippen molar-refractivity contribution in [3.8, 4) is 34.2 Å². The van der Waals surface area contributed by atoms with E-state index >= 15 is 0 Å². The summed E-state index contributed by atoms with van der Waals surface area (Å²) in [5, 5.41) is 0. The third kappa shape index (κ3) is 3.02. The second-order valence-electron chi connectivity index (χ2n) is 8.46. The van der Waals surface area contributed by atoms with Crippen LogP contribution in [0.2, 0.25) is 0 Å². The largest absolute Gasteiger partial charge is 0.339 e. The van der Waals surface area contributed by atoms with Crippen LogP contribution in [0, 0.1) is 6.92 Å². The molecule has 8 heteroatoms. The quantitative estimate of drug-likeness (QED) is 0.542. The molecule has 1 amide bonds. The number of aromatic nitrogens is 6. The summed E-state index contributed by atoms with van der Waals surface area (Å²) in [4.78, 5) is 35.8. The molecule has 1 N–H and O–H groups in total. The monoisotopic (exact) mass is 425 g/mol. The zero-order valence-corrected chi connectivity index (χ0v) is 18.1. The standard InChI is InChI=1S/C24H23N7O/c1-14-5-3-6-17(26-14)22-23(31-10-4-7-21(31)29-22)16-8-9-25-18(11-16)24-27-19-12-30(15(2)32)13-20(19)28-24/h3,5-6,8-9,11H,4,7,10,12-13H2,1-2H3,(H,27,28). The highest BCUT2D eigenvalue weighted by molar-refractivity contribution is 5.79. The Morgan fingerprint density at radius 3 is 2.81 bits per heavy atom. The van der Waals surface area contributed by atoms with E-state index in [-0.39, 0.29) is 5.91 Å². The van der Waals surface area contributed by atoms with Gasteiger partial charge in [-0.05, 0) is 37.6 Å². The molecule has 0 spiro atoms. The maximum Gasteiger partial charge on any atom is 0.220 e. The second kappa shape index (κ2) is 7.12. The molecular formula is C24H23N7O. The van der Waals surface area contributed by atoms with Crippen molar-refractivity contribution in [2.75, 3.05) is 0 Å². The molecule has 0 aliphatic carbocycles. The minimum atomic E-state index is 0.0601. The molecule has 4 aromatic rings. The van der Waals surface area contributed by atoms with Crippen LogP contribution in [-0.4, -0.2) is 40.3 Å². The van der Waals surface area contributed by atoms with Crippen molar-refractivity contribution < 1.29 is 4.79 Å². The number of amides is 1. The first-order chi connectivity index (χ1) is 15.6. The third-order valence-electron chi connectivity index (χ3n) is 6.24. The van der Waals surface area contributed by atoms with Gasteiger partial charge in [0.05, 0.1) is 35.9 Å². The van der Waals surface area contributed by atoms with E-state index in [0.29, 0.717) is 13.1 Å². The van der Waals surface area contributed by atoms with Gasteiger partial charge >= 0.3 is 0 Å². The zero-order chi connectivity index (χ0) is 21.8. The van der Waals surface area contributed by atoms with Crippen LogP contribution in [0.4, 0.5) is 0 Å². The lowest BCUT2D eigenvalue weighted by atomic mass is 10.1. The van der Waals surface area contributed by atoms with Gasteiger partial charge in [0.15, 0.2) is 5.82 Å². The average Bonchev–Trinajstić information content (AvgIpc) is 3.52. The van der Waals surface area contributed by atoms with Crippen LogP contribution >= 0.6 is 0 Å². The number of rotatable bonds is 3. The third-order valence-corrected chi connectivity index (χ3v) is 6.24. The van der Waals surface area contributed by atoms with E-state index in [9.17, 15) is 4.79 Å². The fourth-order valence-electron chi connectivity index (χ4n) is 4.66. The molecule has 4 aromatic heterocycles. The number of imidazole rings is 2. The minimum absolute atomic E-state index is 0.0601. The Morgan fingerprint density at radius 1 is 1.09 bits per heavy atom. The van der Waals surface area contributed by atoms with E-state index in [2.05, 4.69) is 20.6 Å². The molecule has 6 heterocycles. The summed E-state index contributed by atoms with van der Waals surface area (Å²) in [6, 6.07) is 10.1. The average molecular weight is 425 g/mol. The lowest BCUT2D eigenvalue weighted by Crippen LogP contribution is -2.22. The van der Waals surface area contributed by atoms with Crippen LogP contribution in [0.15, 0.2) is 36.5 Å². The van der Waals surface area contributed by atoms with Gasteiger partial charge in [-0.25, -0.2) is 9.97 Å². The Labute approximate surface area is 185 Å². The highest BCUT2D eigenvalue weighted by atomic mass is 16.2. The number of nitrogens with one attached hydrogen (secondary N) is 1. The SMILES string of the molecule is CC(=O)N1Cc2nc(-c3cc(-c4c(-c5cccc(C)n5)nc5n4CCC5)ccn3)[nH]c2C1. The maximum absolute atomic E-state index is 11.7. The second-order valence-corrected chi connectivity index (χ2v) is 8.46. The predicted molar refractivity (Wildman–Crippen MR) is 119 cm³/mol. The van der Waals surface area contributed by atoms with Crippen LogP contribution < -0.4 is 0 Å². The van der Waals surface area contributed by atoms with Crippen LogP contribution in [0.5, 0.6) is 0 Å². The predicted octanol–water partition coefficient (Wildman–Crippen LogP) is 3.51. The van der Waals surface area contributed by atoms with E-state index in [0.717, 1.165) is 76.5 Å². The van der Waals surface area contributed by atoms with Crippen molar-refractivity contribution in [2.24, 2.45) is 0 Å². The molecule has 0 atom stereocenters. The summed E-state index contributed by atoms with van der Waals surface area (Å²) in [7, 11) is 0. The number of carbonyl (C=O) groups is 1. The molecule has 32 heavy (non-hydrogen) atoms. The van der Waals surface area contributed by atoms with E-state index in [4.69, 9.17) is 15.0 Å². The number of carbonyl (C=O) groups excluding carboxylic acids is 1. The van der Waals surface area contributed by atoms with Gasteiger partial charge in [-0.1, -0.05) is 6.07 Å². The van der Waals surface area contributed by atoms with Gasteiger partial charge in [-0.2, -0.15) is 0 Å². The normalized spacial score (nSPS) is 14.6. The van der Waals surface area contributed by atoms with Crippen molar-refractivity contribution in [1.82, 2.24) is 34.4 Å². The molecule has 160 valence electrons. The molecule has 8 nitrogen and oxygen atoms in total. The molecule has 0 saturated carbocycles. The topological polar surface area (TPSA) is 92.6 Å². The molecule has 0 aromatic carbocycles. The summed E-state index contributed by atoms with van der Waals surface area (Å²) < 4.78 is 2.31. The number of hydrogen-bond donors (Lipinski definition) is 1. The zero-order valence-electron chi connectivity index (χ0n) is 18.1. The fourth-order valence-corrected chi connectivity index (χ4v) is 4.66. The fraction of sp³-hybridized carbons (Fsp3) is 0.292. The highest BCUT2D eigenvalue weighted by Gasteiger charge is 2.27. The highest BCUT2D eigenvalue weighted by Crippen LogP contribution is 2.36. The van der Waals surface area contributed by atoms with Gasteiger partial charge in [0.2, 0.25) is 5.91 Å². The minimum Gasteiger partial charge on any atom is -0.339 e. The molecule has 6 rings (SSSR count). The molecule has 0 fully saturated rings. The van der Waals surface area contributed by atoms with Gasteiger partial charge in [-0.3, -0.25) is 14.8 Å². The number of aryl methyl sites for hydroxylation is 2. The number of fused-ring (bicyclic) bond motifs is 2. The lowest BCUT2D eigenvalue weighted by Gasteiger charge is -2.12. The number of pyridine rings is 2. The summed E-state index contributed by atoms with van der Waals surface area (Å²) in [6.45, 7) is 5.65. The van der Waals surface area contributed by atoms with E-state index in [1.54, 1.807) is 11.8 Å². The van der Waals surface area contributed by atoms with Crippen molar-refractivity contribution in [1.29, 1.82) is 0 Å². The van der Waals surface area contributed by atoms with Crippen LogP contribution in [0.1, 0.15) is 36.3 Å². The number of nitrogens with zero attached hydrogens (tertiary/aromatic N) is 6. The Kier molecular flexibility index (Phi) is 4.21. The van der Waals surface area contributed by atoms with Gasteiger partial charge in [0.1, 0.15) is 17.2 Å². The van der Waals surface area contributed by atoms with Crippen LogP contribution in [-0.2, 0) is 30.8 Å². The van der Waals surface area contributed by atoms with E-state index in [1.807, 2.05) is 37.4 Å². The summed E-state index contributed by atoms with van der Waals surface area (Å²) >= 11 is 0. The molecule has 0 saturated heterocycles. The smallest absolute Gasteiger partial charge is 0.220 e. The van der Waals surface area contributed by atoms with E-state index in [1.165, 1.54) is 0 Å². The maximum atomic E-state index is 11.7. The molecule has 0 radical (unpaired) electrons. The first-order valence-electron chi connectivity index (χ1n) is 10.9. The van der Waals surface area contributed by atoms with Crippen LogP contribution in [0.3, 0.4) is 0 Å². The summed E-state index contributed by atoms with van der Waals surface area (Å²) in [6.07, 6.45) is 3.91. The first kappa shape index (κ1) is 18.9. The molecular weight excluding hydrogens is 402 g/mol. The van der Waals surface area contributed by atoms with Crippen molar-refractivity contribution in [3.05, 3.63) is 59.4 Å².